The predicted molar refractivity (Wildman–Crippen MR) is 189 cm³/mol. The monoisotopic (exact) mass is 746 g/mol. The number of piperazine rings is 1. The van der Waals surface area contributed by atoms with Crippen molar-refractivity contribution in [3.8, 4) is 16.9 Å². The van der Waals surface area contributed by atoms with Gasteiger partial charge in [0, 0.05) is 74.6 Å². The van der Waals surface area contributed by atoms with E-state index in [9.17, 15) is 22.8 Å². The van der Waals surface area contributed by atoms with E-state index in [1.54, 1.807) is 17.2 Å². The van der Waals surface area contributed by atoms with Crippen molar-refractivity contribution in [1.82, 2.24) is 35.3 Å². The quantitative estimate of drug-likeness (QED) is 0.296. The molecule has 5 heterocycles. The van der Waals surface area contributed by atoms with Crippen molar-refractivity contribution >= 4 is 29.4 Å². The number of hydrogen-bond acceptors (Lipinski definition) is 9. The van der Waals surface area contributed by atoms with Crippen LogP contribution >= 0.6 is 11.6 Å². The van der Waals surface area contributed by atoms with Crippen LogP contribution in [0, 0.1) is 5.92 Å². The summed E-state index contributed by atoms with van der Waals surface area (Å²) < 4.78 is 51.6. The molecule has 0 radical (unpaired) electrons. The van der Waals surface area contributed by atoms with Gasteiger partial charge in [0.05, 0.1) is 6.54 Å². The molecule has 52 heavy (non-hydrogen) atoms. The zero-order valence-electron chi connectivity index (χ0n) is 30.1. The molecule has 2 saturated heterocycles. The number of halogens is 4. The maximum atomic E-state index is 13.4. The number of piperidine rings is 1. The molecule has 0 saturated carbocycles. The van der Waals surface area contributed by atoms with Gasteiger partial charge in [-0.05, 0) is 83.2 Å². The van der Waals surface area contributed by atoms with E-state index in [-0.39, 0.29) is 18.5 Å². The Labute approximate surface area is 306 Å². The van der Waals surface area contributed by atoms with Crippen LogP contribution in [0.2, 0.25) is 5.02 Å². The molecule has 12 nitrogen and oxygen atoms in total. The Morgan fingerprint density at radius 3 is 2.38 bits per heavy atom. The average molecular weight is 747 g/mol. The molecule has 0 spiro atoms. The van der Waals surface area contributed by atoms with Gasteiger partial charge in [-0.25, -0.2) is 14.8 Å². The fraction of sp³-hybridized carbons (Fsp3) is 0.583. The van der Waals surface area contributed by atoms with Crippen molar-refractivity contribution in [2.75, 3.05) is 50.7 Å². The van der Waals surface area contributed by atoms with Gasteiger partial charge in [0.2, 0.25) is 0 Å². The van der Waals surface area contributed by atoms with E-state index in [4.69, 9.17) is 26.1 Å². The summed E-state index contributed by atoms with van der Waals surface area (Å²) in [5, 5.41) is 9.35. The van der Waals surface area contributed by atoms with Crippen molar-refractivity contribution < 1.29 is 32.2 Å². The molecule has 3 aliphatic heterocycles. The molecule has 282 valence electrons. The highest BCUT2D eigenvalue weighted by Crippen LogP contribution is 2.40. The lowest BCUT2D eigenvalue weighted by molar-refractivity contribution is -0.182. The molecule has 2 amide bonds. The highest BCUT2D eigenvalue weighted by atomic mass is 35.5. The van der Waals surface area contributed by atoms with Gasteiger partial charge in [-0.2, -0.15) is 18.3 Å². The number of alkyl halides is 3. The number of ether oxygens (including phenoxy) is 2. The minimum atomic E-state index is -4.53. The second-order valence-corrected chi connectivity index (χ2v) is 15.7. The molecule has 16 heteroatoms. The topological polar surface area (TPSA) is 129 Å². The Morgan fingerprint density at radius 1 is 1.04 bits per heavy atom. The first-order chi connectivity index (χ1) is 24.5. The number of nitrogens with zero attached hydrogens (tertiary/aromatic N) is 6. The van der Waals surface area contributed by atoms with Crippen molar-refractivity contribution in [2.24, 2.45) is 5.92 Å². The third-order valence-corrected chi connectivity index (χ3v) is 10.2. The molecule has 6 rings (SSSR count). The lowest BCUT2D eigenvalue weighted by Crippen LogP contribution is -2.51. The number of carbonyl (C=O) groups is 2. The second kappa shape index (κ2) is 14.7. The number of hydrogen-bond donors (Lipinski definition) is 2. The third-order valence-electron chi connectivity index (χ3n) is 9.88. The van der Waals surface area contributed by atoms with E-state index in [2.05, 4.69) is 30.3 Å². The Bertz CT molecular complexity index is 1750. The van der Waals surface area contributed by atoms with E-state index in [0.29, 0.717) is 36.2 Å². The van der Waals surface area contributed by atoms with E-state index in [1.165, 1.54) is 0 Å². The largest absolute Gasteiger partial charge is 0.480 e. The summed E-state index contributed by atoms with van der Waals surface area (Å²) in [5.74, 6) is 1.30. The van der Waals surface area contributed by atoms with Crippen LogP contribution in [-0.2, 0) is 27.9 Å². The van der Waals surface area contributed by atoms with Crippen molar-refractivity contribution in [1.29, 1.82) is 0 Å². The van der Waals surface area contributed by atoms with Crippen molar-refractivity contribution in [3.63, 3.8) is 0 Å². The lowest BCUT2D eigenvalue weighted by Gasteiger charge is -2.39. The van der Waals surface area contributed by atoms with Crippen LogP contribution in [0.15, 0.2) is 30.5 Å². The van der Waals surface area contributed by atoms with E-state index in [0.717, 1.165) is 81.9 Å². The molecule has 3 aromatic rings. The van der Waals surface area contributed by atoms with E-state index in [1.807, 2.05) is 39.0 Å². The zero-order valence-corrected chi connectivity index (χ0v) is 30.9. The number of amides is 2. The fourth-order valence-corrected chi connectivity index (χ4v) is 6.87. The molecule has 0 bridgehead atoms. The summed E-state index contributed by atoms with van der Waals surface area (Å²) in [6.07, 6.45) is -1.38. The van der Waals surface area contributed by atoms with Gasteiger partial charge in [0.15, 0.2) is 11.9 Å². The third kappa shape index (κ3) is 8.57. The zero-order chi connectivity index (χ0) is 37.4. The molecule has 2 N–H and O–H groups in total. The number of aromatic nitrogens is 4. The number of H-pyrrole nitrogens is 1. The Hall–Kier alpha value is -4.11. The number of benzene rings is 1. The lowest BCUT2D eigenvalue weighted by atomic mass is 9.92. The number of rotatable bonds is 8. The van der Waals surface area contributed by atoms with Gasteiger partial charge >= 0.3 is 12.3 Å². The highest BCUT2D eigenvalue weighted by Gasteiger charge is 2.51. The van der Waals surface area contributed by atoms with Crippen LogP contribution in [0.5, 0.6) is 5.75 Å². The van der Waals surface area contributed by atoms with Gasteiger partial charge in [0.25, 0.3) is 5.91 Å². The molecule has 2 aromatic heterocycles. The molecular formula is C36H46ClF3N8O4. The van der Waals surface area contributed by atoms with Gasteiger partial charge in [0.1, 0.15) is 28.4 Å². The predicted octanol–water partition coefficient (Wildman–Crippen LogP) is 5.75. The molecule has 1 atom stereocenters. The molecule has 0 unspecified atom stereocenters. The summed E-state index contributed by atoms with van der Waals surface area (Å²) in [7, 11) is 0. The van der Waals surface area contributed by atoms with Gasteiger partial charge in [-0.3, -0.25) is 14.8 Å². The highest BCUT2D eigenvalue weighted by molar-refractivity contribution is 6.33. The molecular weight excluding hydrogens is 701 g/mol. The number of fused-ring (bicyclic) bond motifs is 1. The first kappa shape index (κ1) is 37.6. The van der Waals surface area contributed by atoms with Gasteiger partial charge < -0.3 is 24.6 Å². The average Bonchev–Trinajstić information content (AvgIpc) is 3.74. The standard InChI is InChI=1S/C36H46ClF3N8O4/c1-34(2,3)52-33(50)48-14-12-46(13-15-48)21-22-8-10-47(11-9-22)30-7-6-23(19-41-30)25-18-27-24(16-26(25)37)17-28(51-27)31(49)42-20-29-43-32(45-44-29)35(4,5)36(38,39)40/h6-7,16,18-19,22,28H,8-15,17,20-21H2,1-5H3,(H,42,49)(H,43,44,45)/t28-/m1/s1. The van der Waals surface area contributed by atoms with Crippen LogP contribution in [0.3, 0.4) is 0 Å². The summed E-state index contributed by atoms with van der Waals surface area (Å²) >= 11 is 6.69. The summed E-state index contributed by atoms with van der Waals surface area (Å²) in [6.45, 7) is 13.4. The Morgan fingerprint density at radius 2 is 1.75 bits per heavy atom. The number of nitrogens with one attached hydrogen (secondary N) is 2. The summed E-state index contributed by atoms with van der Waals surface area (Å²) in [4.78, 5) is 40.6. The van der Waals surface area contributed by atoms with E-state index >= 15 is 0 Å². The minimum absolute atomic E-state index is 0.105. The van der Waals surface area contributed by atoms with Crippen LogP contribution < -0.4 is 15.0 Å². The minimum Gasteiger partial charge on any atom is -0.480 e. The number of aromatic amines is 1. The smallest absolute Gasteiger partial charge is 0.410 e. The second-order valence-electron chi connectivity index (χ2n) is 15.3. The Kier molecular flexibility index (Phi) is 10.7. The number of pyridine rings is 1. The van der Waals surface area contributed by atoms with Gasteiger partial charge in [-0.15, -0.1) is 0 Å². The molecule has 1 aromatic carbocycles. The number of carbonyl (C=O) groups excluding carboxylic acids is 2. The maximum absolute atomic E-state index is 13.4. The van der Waals surface area contributed by atoms with Crippen LogP contribution in [0.4, 0.5) is 23.8 Å². The number of anilines is 1. The molecule has 2 fully saturated rings. The first-order valence-corrected chi connectivity index (χ1v) is 18.0. The summed E-state index contributed by atoms with van der Waals surface area (Å²) in [5.41, 5.74) is -0.406. The van der Waals surface area contributed by atoms with Crippen LogP contribution in [0.1, 0.15) is 64.7 Å². The van der Waals surface area contributed by atoms with Crippen molar-refractivity contribution in [3.05, 3.63) is 52.7 Å². The fourth-order valence-electron chi connectivity index (χ4n) is 6.57. The normalized spacial score (nSPS) is 19.0. The van der Waals surface area contributed by atoms with E-state index < -0.39 is 35.0 Å². The van der Waals surface area contributed by atoms with Crippen LogP contribution in [0.25, 0.3) is 11.1 Å². The first-order valence-electron chi connectivity index (χ1n) is 17.6. The maximum Gasteiger partial charge on any atom is 0.410 e. The molecule has 3 aliphatic rings. The van der Waals surface area contributed by atoms with Crippen molar-refractivity contribution in [2.45, 2.75) is 83.7 Å². The summed E-state index contributed by atoms with van der Waals surface area (Å²) in [6, 6.07) is 7.58. The van der Waals surface area contributed by atoms with Gasteiger partial charge in [-0.1, -0.05) is 11.6 Å². The molecule has 0 aliphatic carbocycles. The SMILES string of the molecule is CC(C)(C)OC(=O)N1CCN(CC2CCN(c3ccc(-c4cc5c(cc4Cl)C[C@H](C(=O)NCc4nc(C(C)(C)C(F)(F)F)n[nH]4)O5)cn3)CC2)CC1. The Balaban J connectivity index is 0.974. The van der Waals surface area contributed by atoms with Crippen LogP contribution in [-0.4, -0.2) is 106 Å².